The summed E-state index contributed by atoms with van der Waals surface area (Å²) in [7, 11) is 1.94. The van der Waals surface area contributed by atoms with Gasteiger partial charge in [0.15, 0.2) is 0 Å². The molecule has 0 amide bonds. The molecule has 0 saturated carbocycles. The minimum Gasteiger partial charge on any atom is -0.310 e. The van der Waals surface area contributed by atoms with Gasteiger partial charge in [0.1, 0.15) is 5.82 Å². The number of nitrogens with zero attached hydrogens (tertiary/aromatic N) is 4. The molecule has 2 aromatic rings. The lowest BCUT2D eigenvalue weighted by Gasteiger charge is -2.27. The van der Waals surface area contributed by atoms with Gasteiger partial charge in [-0.1, -0.05) is 6.92 Å². The van der Waals surface area contributed by atoms with Crippen LogP contribution in [0.15, 0.2) is 11.0 Å². The van der Waals surface area contributed by atoms with E-state index in [1.54, 1.807) is 0 Å². The van der Waals surface area contributed by atoms with Crippen molar-refractivity contribution in [3.63, 3.8) is 0 Å². The Kier molecular flexibility index (Phi) is 4.11. The Labute approximate surface area is 130 Å². The molecule has 0 fully saturated rings. The molecular formula is C16H23N5O. The van der Waals surface area contributed by atoms with Gasteiger partial charge >= 0.3 is 0 Å². The summed E-state index contributed by atoms with van der Waals surface area (Å²) in [5.41, 5.74) is 4.11. The van der Waals surface area contributed by atoms with E-state index >= 15 is 0 Å². The Hall–Kier alpha value is -1.95. The lowest BCUT2D eigenvalue weighted by atomic mass is 10.1. The molecule has 0 atom stereocenters. The van der Waals surface area contributed by atoms with E-state index in [1.807, 2.05) is 18.7 Å². The highest BCUT2D eigenvalue weighted by Crippen LogP contribution is 2.17. The number of hydrogen-bond acceptors (Lipinski definition) is 4. The summed E-state index contributed by atoms with van der Waals surface area (Å²) in [4.78, 5) is 22.1. The minimum atomic E-state index is 0.0288. The maximum absolute atomic E-state index is 12.3. The second kappa shape index (κ2) is 6.04. The first-order chi connectivity index (χ1) is 10.6. The molecule has 1 N–H and O–H groups in total. The summed E-state index contributed by atoms with van der Waals surface area (Å²) >= 11 is 0. The first-order valence-corrected chi connectivity index (χ1v) is 7.89. The monoisotopic (exact) mass is 301 g/mol. The number of aryl methyl sites for hydroxylation is 3. The second-order valence-corrected chi connectivity index (χ2v) is 6.06. The van der Waals surface area contributed by atoms with Crippen LogP contribution in [0.3, 0.4) is 0 Å². The van der Waals surface area contributed by atoms with Crippen molar-refractivity contribution in [1.29, 1.82) is 0 Å². The van der Waals surface area contributed by atoms with Crippen LogP contribution in [0.25, 0.3) is 0 Å². The number of fused-ring (bicyclic) bond motifs is 1. The number of aromatic nitrogens is 4. The van der Waals surface area contributed by atoms with Gasteiger partial charge in [0, 0.05) is 51.3 Å². The zero-order chi connectivity index (χ0) is 15.7. The quantitative estimate of drug-likeness (QED) is 0.925. The third-order valence-corrected chi connectivity index (χ3v) is 4.19. The average Bonchev–Trinajstić information content (AvgIpc) is 2.78. The lowest BCUT2D eigenvalue weighted by molar-refractivity contribution is 0.241. The van der Waals surface area contributed by atoms with Crippen LogP contribution in [0.5, 0.6) is 0 Å². The highest BCUT2D eigenvalue weighted by molar-refractivity contribution is 5.22. The van der Waals surface area contributed by atoms with Crippen molar-refractivity contribution < 1.29 is 0 Å². The Balaban J connectivity index is 1.79. The standard InChI is InChI=1S/C16H23N5O/c1-4-5-15-17-14-6-7-21(10-13(14)16(22)18-15)9-12-8-20(3)19-11(12)2/h8H,4-7,9-10H2,1-3H3,(H,17,18,22). The van der Waals surface area contributed by atoms with Crippen LogP contribution in [0.1, 0.15) is 41.7 Å². The van der Waals surface area contributed by atoms with Crippen molar-refractivity contribution >= 4 is 0 Å². The molecular weight excluding hydrogens is 278 g/mol. The van der Waals surface area contributed by atoms with Gasteiger partial charge in [-0.25, -0.2) is 4.98 Å². The van der Waals surface area contributed by atoms with Crippen LogP contribution in [-0.2, 0) is 33.0 Å². The molecule has 0 bridgehead atoms. The van der Waals surface area contributed by atoms with Crippen molar-refractivity contribution in [2.24, 2.45) is 7.05 Å². The fraction of sp³-hybridized carbons (Fsp3) is 0.562. The summed E-state index contributed by atoms with van der Waals surface area (Å²) in [5, 5.41) is 4.38. The van der Waals surface area contributed by atoms with Crippen LogP contribution in [0.4, 0.5) is 0 Å². The highest BCUT2D eigenvalue weighted by Gasteiger charge is 2.22. The molecule has 0 spiro atoms. The van der Waals surface area contributed by atoms with E-state index in [-0.39, 0.29) is 5.56 Å². The fourth-order valence-electron chi connectivity index (χ4n) is 3.07. The normalized spacial score (nSPS) is 15.0. The van der Waals surface area contributed by atoms with Crippen molar-refractivity contribution in [1.82, 2.24) is 24.6 Å². The lowest BCUT2D eigenvalue weighted by Crippen LogP contribution is -2.35. The molecule has 1 aliphatic heterocycles. The van der Waals surface area contributed by atoms with Gasteiger partial charge in [0.2, 0.25) is 0 Å². The highest BCUT2D eigenvalue weighted by atomic mass is 16.1. The Morgan fingerprint density at radius 2 is 2.23 bits per heavy atom. The van der Waals surface area contributed by atoms with Crippen molar-refractivity contribution in [3.05, 3.63) is 44.9 Å². The zero-order valence-corrected chi connectivity index (χ0v) is 13.5. The summed E-state index contributed by atoms with van der Waals surface area (Å²) in [6.07, 6.45) is 4.72. The van der Waals surface area contributed by atoms with E-state index in [0.29, 0.717) is 6.54 Å². The number of rotatable bonds is 4. The van der Waals surface area contributed by atoms with Crippen LogP contribution in [-0.4, -0.2) is 31.2 Å². The number of aromatic amines is 1. The van der Waals surface area contributed by atoms with Gasteiger partial charge < -0.3 is 4.98 Å². The third kappa shape index (κ3) is 2.97. The predicted octanol–water partition coefficient (Wildman–Crippen LogP) is 1.32. The molecule has 3 rings (SSSR count). The summed E-state index contributed by atoms with van der Waals surface area (Å²) in [6, 6.07) is 0. The average molecular weight is 301 g/mol. The number of nitrogens with one attached hydrogen (secondary N) is 1. The first-order valence-electron chi connectivity index (χ1n) is 7.89. The van der Waals surface area contributed by atoms with E-state index in [4.69, 9.17) is 0 Å². The molecule has 0 saturated heterocycles. The molecule has 1 aliphatic rings. The molecule has 0 unspecified atom stereocenters. The maximum atomic E-state index is 12.3. The van der Waals surface area contributed by atoms with Crippen molar-refractivity contribution in [2.45, 2.75) is 46.2 Å². The van der Waals surface area contributed by atoms with E-state index in [0.717, 1.165) is 55.1 Å². The van der Waals surface area contributed by atoms with E-state index < -0.39 is 0 Å². The van der Waals surface area contributed by atoms with Gasteiger partial charge in [-0.2, -0.15) is 5.10 Å². The number of hydrogen-bond donors (Lipinski definition) is 1. The van der Waals surface area contributed by atoms with E-state index in [1.165, 1.54) is 5.56 Å². The van der Waals surface area contributed by atoms with E-state index in [9.17, 15) is 4.79 Å². The summed E-state index contributed by atoms with van der Waals surface area (Å²) in [6.45, 7) is 6.55. The first kappa shape index (κ1) is 15.0. The smallest absolute Gasteiger partial charge is 0.255 e. The Morgan fingerprint density at radius 3 is 2.91 bits per heavy atom. The SMILES string of the molecule is CCCc1nc2c(c(=O)[nH]1)CN(Cc1cn(C)nc1C)CC2. The third-order valence-electron chi connectivity index (χ3n) is 4.19. The van der Waals surface area contributed by atoms with Crippen LogP contribution >= 0.6 is 0 Å². The molecule has 118 valence electrons. The largest absolute Gasteiger partial charge is 0.310 e. The Morgan fingerprint density at radius 1 is 1.41 bits per heavy atom. The number of H-pyrrole nitrogens is 1. The maximum Gasteiger partial charge on any atom is 0.255 e. The Bertz CT molecular complexity index is 731. The molecule has 2 aromatic heterocycles. The summed E-state index contributed by atoms with van der Waals surface area (Å²) < 4.78 is 1.84. The van der Waals surface area contributed by atoms with Crippen LogP contribution < -0.4 is 5.56 Å². The van der Waals surface area contributed by atoms with Crippen LogP contribution in [0.2, 0.25) is 0 Å². The molecule has 22 heavy (non-hydrogen) atoms. The van der Waals surface area contributed by atoms with E-state index in [2.05, 4.69) is 33.1 Å². The predicted molar refractivity (Wildman–Crippen MR) is 84.6 cm³/mol. The topological polar surface area (TPSA) is 66.8 Å². The molecule has 0 radical (unpaired) electrons. The van der Waals surface area contributed by atoms with Crippen molar-refractivity contribution in [3.8, 4) is 0 Å². The van der Waals surface area contributed by atoms with Gasteiger partial charge in [-0.3, -0.25) is 14.4 Å². The van der Waals surface area contributed by atoms with Gasteiger partial charge in [-0.15, -0.1) is 0 Å². The van der Waals surface area contributed by atoms with Crippen LogP contribution in [0, 0.1) is 6.92 Å². The van der Waals surface area contributed by atoms with Crippen molar-refractivity contribution in [2.75, 3.05) is 6.54 Å². The molecule has 0 aromatic carbocycles. The zero-order valence-electron chi connectivity index (χ0n) is 13.5. The molecule has 6 heteroatoms. The van der Waals surface area contributed by atoms with Gasteiger partial charge in [-0.05, 0) is 13.3 Å². The fourth-order valence-corrected chi connectivity index (χ4v) is 3.07. The van der Waals surface area contributed by atoms with Gasteiger partial charge in [0.25, 0.3) is 5.56 Å². The minimum absolute atomic E-state index is 0.0288. The molecule has 3 heterocycles. The van der Waals surface area contributed by atoms with Gasteiger partial charge in [0.05, 0.1) is 17.0 Å². The molecule has 0 aliphatic carbocycles. The molecule has 6 nitrogen and oxygen atoms in total. The summed E-state index contributed by atoms with van der Waals surface area (Å²) in [5.74, 6) is 0.822. The second-order valence-electron chi connectivity index (χ2n) is 6.06.